The Bertz CT molecular complexity index is 695. The van der Waals surface area contributed by atoms with Gasteiger partial charge >= 0.3 is 5.69 Å². The van der Waals surface area contributed by atoms with Gasteiger partial charge in [-0.2, -0.15) is 5.26 Å². The molecule has 8 nitrogen and oxygen atoms in total. The first-order valence-electron chi connectivity index (χ1n) is 7.11. The molecule has 1 N–H and O–H groups in total. The number of rotatable bonds is 5. The zero-order valence-corrected chi connectivity index (χ0v) is 13.0. The Hall–Kier alpha value is -2.11. The van der Waals surface area contributed by atoms with Crippen molar-refractivity contribution in [3.8, 4) is 6.07 Å². The fraction of sp³-hybridized carbons (Fsp3) is 0.643. The van der Waals surface area contributed by atoms with Crippen LogP contribution in [0.5, 0.6) is 0 Å². The summed E-state index contributed by atoms with van der Waals surface area (Å²) in [6, 6.07) is 1.70. The number of hydrogen-bond donors (Lipinski definition) is 1. The lowest BCUT2D eigenvalue weighted by atomic mass is 10.2. The molecule has 0 spiro atoms. The van der Waals surface area contributed by atoms with Gasteiger partial charge in [0.2, 0.25) is 0 Å². The Morgan fingerprint density at radius 1 is 1.45 bits per heavy atom. The molecule has 0 bridgehead atoms. The molecule has 1 fully saturated rings. The molecule has 8 heteroatoms. The van der Waals surface area contributed by atoms with Crippen LogP contribution < -0.4 is 16.6 Å². The van der Waals surface area contributed by atoms with Crippen molar-refractivity contribution < 1.29 is 9.47 Å². The first-order valence-corrected chi connectivity index (χ1v) is 7.11. The molecule has 2 unspecified atom stereocenters. The Labute approximate surface area is 127 Å². The van der Waals surface area contributed by atoms with Crippen LogP contribution in [0.25, 0.3) is 0 Å². The molecule has 2 rings (SSSR count). The van der Waals surface area contributed by atoms with E-state index in [2.05, 4.69) is 5.32 Å². The number of anilines is 1. The lowest BCUT2D eigenvalue weighted by molar-refractivity contribution is 0.0394. The molecule has 0 amide bonds. The van der Waals surface area contributed by atoms with Crippen LogP contribution in [0.3, 0.4) is 0 Å². The van der Waals surface area contributed by atoms with Gasteiger partial charge in [0, 0.05) is 26.7 Å². The van der Waals surface area contributed by atoms with Gasteiger partial charge in [0.05, 0.1) is 19.3 Å². The molecule has 0 saturated carbocycles. The van der Waals surface area contributed by atoms with E-state index in [-0.39, 0.29) is 23.5 Å². The van der Waals surface area contributed by atoms with Gasteiger partial charge in [0.15, 0.2) is 5.56 Å². The monoisotopic (exact) mass is 308 g/mol. The van der Waals surface area contributed by atoms with E-state index in [1.54, 1.807) is 0 Å². The third kappa shape index (κ3) is 3.21. The fourth-order valence-electron chi connectivity index (χ4n) is 2.31. The van der Waals surface area contributed by atoms with Gasteiger partial charge in [-0.25, -0.2) is 4.79 Å². The molecule has 120 valence electrons. The summed E-state index contributed by atoms with van der Waals surface area (Å²) in [7, 11) is 2.87. The Morgan fingerprint density at radius 3 is 2.77 bits per heavy atom. The molecule has 1 aliphatic heterocycles. The van der Waals surface area contributed by atoms with Crippen molar-refractivity contribution in [2.24, 2.45) is 14.1 Å². The third-order valence-electron chi connectivity index (χ3n) is 3.63. The summed E-state index contributed by atoms with van der Waals surface area (Å²) in [4.78, 5) is 23.9. The molecular formula is C14H20N4O4. The number of nitriles is 1. The maximum Gasteiger partial charge on any atom is 0.332 e. The molecule has 0 aliphatic carbocycles. The van der Waals surface area contributed by atoms with Crippen molar-refractivity contribution in [1.82, 2.24) is 9.13 Å². The van der Waals surface area contributed by atoms with Crippen molar-refractivity contribution >= 4 is 5.82 Å². The van der Waals surface area contributed by atoms with Gasteiger partial charge in [-0.15, -0.1) is 0 Å². The zero-order chi connectivity index (χ0) is 16.3. The van der Waals surface area contributed by atoms with E-state index in [9.17, 15) is 14.9 Å². The maximum absolute atomic E-state index is 12.0. The second kappa shape index (κ2) is 6.77. The highest BCUT2D eigenvalue weighted by atomic mass is 16.5. The molecule has 2 heterocycles. The molecule has 22 heavy (non-hydrogen) atoms. The van der Waals surface area contributed by atoms with Gasteiger partial charge in [0.1, 0.15) is 11.9 Å². The number of aromatic nitrogens is 2. The SMILES string of the molecule is CC(COC1CCOC1)Nc1c(C#N)c(=O)n(C)c(=O)n1C. The van der Waals surface area contributed by atoms with Crippen LogP contribution in [0.4, 0.5) is 5.82 Å². The minimum atomic E-state index is -0.606. The minimum absolute atomic E-state index is 0.0761. The van der Waals surface area contributed by atoms with Crippen molar-refractivity contribution in [2.45, 2.75) is 25.5 Å². The molecule has 2 atom stereocenters. The van der Waals surface area contributed by atoms with Crippen LogP contribution in [0.15, 0.2) is 9.59 Å². The van der Waals surface area contributed by atoms with E-state index in [0.29, 0.717) is 19.8 Å². The minimum Gasteiger partial charge on any atom is -0.379 e. The molecule has 1 aliphatic rings. The van der Waals surface area contributed by atoms with E-state index in [4.69, 9.17) is 9.47 Å². The van der Waals surface area contributed by atoms with E-state index >= 15 is 0 Å². The summed E-state index contributed by atoms with van der Waals surface area (Å²) in [5.74, 6) is 0.217. The summed E-state index contributed by atoms with van der Waals surface area (Å²) in [6.07, 6.45) is 0.938. The van der Waals surface area contributed by atoms with Crippen LogP contribution in [0.1, 0.15) is 18.9 Å². The predicted molar refractivity (Wildman–Crippen MR) is 79.9 cm³/mol. The molecular weight excluding hydrogens is 288 g/mol. The van der Waals surface area contributed by atoms with Crippen LogP contribution >= 0.6 is 0 Å². The van der Waals surface area contributed by atoms with Crippen molar-refractivity contribution in [1.29, 1.82) is 5.26 Å². The van der Waals surface area contributed by atoms with Crippen LogP contribution in [0.2, 0.25) is 0 Å². The maximum atomic E-state index is 12.0. The van der Waals surface area contributed by atoms with Gasteiger partial charge in [0.25, 0.3) is 5.56 Å². The fourth-order valence-corrected chi connectivity index (χ4v) is 2.31. The first-order chi connectivity index (χ1) is 10.5. The van der Waals surface area contributed by atoms with Crippen LogP contribution in [0, 0.1) is 11.3 Å². The standard InChI is InChI=1S/C14H20N4O4/c1-9(7-22-10-4-5-21-8-10)16-12-11(6-15)13(19)18(3)14(20)17(12)2/h9-10,16H,4-5,7-8H2,1-3H3. The van der Waals surface area contributed by atoms with Crippen molar-refractivity contribution in [2.75, 3.05) is 25.1 Å². The predicted octanol–water partition coefficient (Wildman–Crippen LogP) is -0.438. The normalized spacial score (nSPS) is 18.9. The number of nitrogens with one attached hydrogen (secondary N) is 1. The zero-order valence-electron chi connectivity index (χ0n) is 13.0. The molecule has 0 radical (unpaired) electrons. The Balaban J connectivity index is 2.16. The summed E-state index contributed by atoms with van der Waals surface area (Å²) in [6.45, 7) is 3.54. The summed E-state index contributed by atoms with van der Waals surface area (Å²) >= 11 is 0. The number of nitrogens with zero attached hydrogens (tertiary/aromatic N) is 3. The van der Waals surface area contributed by atoms with Gasteiger partial charge in [-0.1, -0.05) is 0 Å². The highest BCUT2D eigenvalue weighted by Gasteiger charge is 2.19. The van der Waals surface area contributed by atoms with Crippen LogP contribution in [-0.4, -0.2) is 41.1 Å². The lowest BCUT2D eigenvalue weighted by Gasteiger charge is -2.20. The highest BCUT2D eigenvalue weighted by molar-refractivity contribution is 5.51. The topological polar surface area (TPSA) is 98.3 Å². The summed E-state index contributed by atoms with van der Waals surface area (Å²) < 4.78 is 13.1. The third-order valence-corrected chi connectivity index (χ3v) is 3.63. The summed E-state index contributed by atoms with van der Waals surface area (Å²) in [5.41, 5.74) is -1.17. The molecule has 1 saturated heterocycles. The quantitative estimate of drug-likeness (QED) is 0.792. The Morgan fingerprint density at radius 2 is 2.18 bits per heavy atom. The first kappa shape index (κ1) is 16.3. The Kier molecular flexibility index (Phi) is 5.00. The number of ether oxygens (including phenoxy) is 2. The average molecular weight is 308 g/mol. The average Bonchev–Trinajstić information content (AvgIpc) is 3.02. The second-order valence-electron chi connectivity index (χ2n) is 5.41. The molecule has 1 aromatic rings. The number of hydrogen-bond acceptors (Lipinski definition) is 6. The smallest absolute Gasteiger partial charge is 0.332 e. The van der Waals surface area contributed by atoms with Crippen LogP contribution in [-0.2, 0) is 23.6 Å². The largest absolute Gasteiger partial charge is 0.379 e. The molecule has 1 aromatic heterocycles. The van der Waals surface area contributed by atoms with Crippen molar-refractivity contribution in [3.05, 3.63) is 26.4 Å². The van der Waals surface area contributed by atoms with Crippen molar-refractivity contribution in [3.63, 3.8) is 0 Å². The lowest BCUT2D eigenvalue weighted by Crippen LogP contribution is -2.41. The van der Waals surface area contributed by atoms with E-state index in [0.717, 1.165) is 11.0 Å². The second-order valence-corrected chi connectivity index (χ2v) is 5.41. The van der Waals surface area contributed by atoms with E-state index in [1.165, 1.54) is 18.7 Å². The van der Waals surface area contributed by atoms with E-state index < -0.39 is 11.2 Å². The van der Waals surface area contributed by atoms with Gasteiger partial charge < -0.3 is 14.8 Å². The van der Waals surface area contributed by atoms with E-state index in [1.807, 2.05) is 13.0 Å². The van der Waals surface area contributed by atoms with Gasteiger partial charge in [-0.3, -0.25) is 13.9 Å². The highest BCUT2D eigenvalue weighted by Crippen LogP contribution is 2.12. The molecule has 0 aromatic carbocycles. The van der Waals surface area contributed by atoms with Gasteiger partial charge in [-0.05, 0) is 13.3 Å². The summed E-state index contributed by atoms with van der Waals surface area (Å²) in [5, 5.41) is 12.2.